The number of carbonyl (C=O) groups is 1. The van der Waals surface area contributed by atoms with Crippen LogP contribution in [0.1, 0.15) is 24.0 Å². The summed E-state index contributed by atoms with van der Waals surface area (Å²) in [5.74, 6) is 0.204. The molecule has 0 saturated carbocycles. The number of hydrogen-bond acceptors (Lipinski definition) is 4. The van der Waals surface area contributed by atoms with Gasteiger partial charge in [0.05, 0.1) is 19.8 Å². The van der Waals surface area contributed by atoms with Gasteiger partial charge in [0.15, 0.2) is 0 Å². The molecule has 1 N–H and O–H groups in total. The number of ether oxygens (including phenoxy) is 3. The van der Waals surface area contributed by atoms with Crippen LogP contribution in [0.5, 0.6) is 5.75 Å². The Bertz CT molecular complexity index is 627. The summed E-state index contributed by atoms with van der Waals surface area (Å²) in [5.41, 5.74) is 1.82. The Morgan fingerprint density at radius 3 is 2.38 bits per heavy atom. The average molecular weight is 330 g/mol. The normalized spacial score (nSPS) is 11.9. The number of hydrogen-bond donors (Lipinski definition) is 1. The molecule has 0 aliphatic heterocycles. The fraction of sp³-hybridized carbons (Fsp3) is 0.316. The molecule has 0 aliphatic rings. The molecule has 0 aliphatic carbocycles. The highest BCUT2D eigenvalue weighted by atomic mass is 16.7. The van der Waals surface area contributed by atoms with Gasteiger partial charge in [-0.2, -0.15) is 0 Å². The van der Waals surface area contributed by atoms with Gasteiger partial charge in [0.25, 0.3) is 0 Å². The van der Waals surface area contributed by atoms with Crippen LogP contribution in [0, 0.1) is 0 Å². The fourth-order valence-electron chi connectivity index (χ4n) is 2.47. The zero-order chi connectivity index (χ0) is 17.2. The first kappa shape index (κ1) is 18.0. The molecule has 0 fully saturated rings. The Kier molecular flexibility index (Phi) is 7.26. The van der Waals surface area contributed by atoms with Gasteiger partial charge in [-0.05, 0) is 18.6 Å². The predicted molar refractivity (Wildman–Crippen MR) is 90.7 cm³/mol. The van der Waals surface area contributed by atoms with Gasteiger partial charge in [-0.3, -0.25) is 0 Å². The van der Waals surface area contributed by atoms with Crippen molar-refractivity contribution in [2.75, 3.05) is 26.4 Å². The van der Waals surface area contributed by atoms with Gasteiger partial charge in [-0.15, -0.1) is 0 Å². The summed E-state index contributed by atoms with van der Waals surface area (Å²) in [5, 5.41) is 8.95. The van der Waals surface area contributed by atoms with Crippen molar-refractivity contribution >= 4 is 6.16 Å². The van der Waals surface area contributed by atoms with Crippen LogP contribution in [0.3, 0.4) is 0 Å². The van der Waals surface area contributed by atoms with E-state index in [1.54, 1.807) is 12.1 Å². The van der Waals surface area contributed by atoms with Gasteiger partial charge in [0.2, 0.25) is 0 Å². The Morgan fingerprint density at radius 1 is 1.00 bits per heavy atom. The lowest BCUT2D eigenvalue weighted by atomic mass is 9.91. The highest BCUT2D eigenvalue weighted by Gasteiger charge is 2.20. The molecule has 0 saturated heterocycles. The molecule has 2 aromatic carbocycles. The molecule has 1 atom stereocenters. The van der Waals surface area contributed by atoms with E-state index in [2.05, 4.69) is 0 Å². The summed E-state index contributed by atoms with van der Waals surface area (Å²) in [6.07, 6.45) is -1.33. The largest absolute Gasteiger partial charge is 0.511 e. The van der Waals surface area contributed by atoms with Crippen molar-refractivity contribution in [1.29, 1.82) is 0 Å². The van der Waals surface area contributed by atoms with Crippen molar-refractivity contribution in [2.24, 2.45) is 0 Å². The van der Waals surface area contributed by atoms with E-state index in [9.17, 15) is 4.79 Å². The molecule has 0 heterocycles. The van der Waals surface area contributed by atoms with Gasteiger partial charge in [-0.1, -0.05) is 48.5 Å². The molecule has 2 aromatic rings. The maximum atomic E-state index is 10.9. The summed E-state index contributed by atoms with van der Waals surface area (Å²) in [4.78, 5) is 10.9. The van der Waals surface area contributed by atoms with E-state index in [1.165, 1.54) is 0 Å². The lowest BCUT2D eigenvalue weighted by Gasteiger charge is -2.20. The lowest BCUT2D eigenvalue weighted by molar-refractivity contribution is 0.0497. The standard InChI is InChI=1S/C19H22O5/c1-2-22-12-13-23-14-17(15-8-4-3-5-9-15)16-10-6-7-11-18(16)24-19(20)21/h3-11,17H,2,12-14H2,1H3,(H,20,21). The molecule has 5 heteroatoms. The van der Waals surface area contributed by atoms with Crippen LogP contribution >= 0.6 is 0 Å². The van der Waals surface area contributed by atoms with E-state index in [-0.39, 0.29) is 5.92 Å². The second kappa shape index (κ2) is 9.70. The molecular formula is C19H22O5. The van der Waals surface area contributed by atoms with Gasteiger partial charge < -0.3 is 19.3 Å². The van der Waals surface area contributed by atoms with Crippen molar-refractivity contribution < 1.29 is 24.1 Å². The molecule has 128 valence electrons. The Balaban J connectivity index is 2.21. The number of rotatable bonds is 9. The molecule has 0 aromatic heterocycles. The lowest BCUT2D eigenvalue weighted by Crippen LogP contribution is -2.15. The van der Waals surface area contributed by atoms with Crippen molar-refractivity contribution in [3.05, 3.63) is 65.7 Å². The average Bonchev–Trinajstić information content (AvgIpc) is 2.59. The van der Waals surface area contributed by atoms with Crippen molar-refractivity contribution in [2.45, 2.75) is 12.8 Å². The maximum Gasteiger partial charge on any atom is 0.511 e. The zero-order valence-corrected chi connectivity index (χ0v) is 13.7. The minimum Gasteiger partial charge on any atom is -0.449 e. The summed E-state index contributed by atoms with van der Waals surface area (Å²) in [6.45, 7) is 4.02. The molecule has 1 unspecified atom stereocenters. The SMILES string of the molecule is CCOCCOCC(c1ccccc1)c1ccccc1OC(=O)O. The Hall–Kier alpha value is -2.37. The van der Waals surface area contributed by atoms with E-state index < -0.39 is 6.16 Å². The van der Waals surface area contributed by atoms with E-state index in [0.29, 0.717) is 32.2 Å². The topological polar surface area (TPSA) is 65.0 Å². The molecule has 2 rings (SSSR count). The highest BCUT2D eigenvalue weighted by Crippen LogP contribution is 2.32. The summed E-state index contributed by atoms with van der Waals surface area (Å²) in [7, 11) is 0. The highest BCUT2D eigenvalue weighted by molar-refractivity contribution is 5.62. The van der Waals surface area contributed by atoms with Crippen molar-refractivity contribution in [3.63, 3.8) is 0 Å². The quantitative estimate of drug-likeness (QED) is 0.429. The first-order valence-corrected chi connectivity index (χ1v) is 7.92. The first-order chi connectivity index (χ1) is 11.7. The van der Waals surface area contributed by atoms with Gasteiger partial charge in [-0.25, -0.2) is 4.79 Å². The fourth-order valence-corrected chi connectivity index (χ4v) is 2.47. The molecule has 0 spiro atoms. The van der Waals surface area contributed by atoms with Gasteiger partial charge in [0.1, 0.15) is 5.75 Å². The van der Waals surface area contributed by atoms with Crippen LogP contribution < -0.4 is 4.74 Å². The molecule has 0 radical (unpaired) electrons. The van der Waals surface area contributed by atoms with Crippen LogP contribution in [-0.2, 0) is 9.47 Å². The van der Waals surface area contributed by atoms with E-state index in [0.717, 1.165) is 11.1 Å². The number of para-hydroxylation sites is 1. The zero-order valence-electron chi connectivity index (χ0n) is 13.7. The van der Waals surface area contributed by atoms with Crippen molar-refractivity contribution in [3.8, 4) is 5.75 Å². The third-order valence-corrected chi connectivity index (χ3v) is 3.55. The molecule has 0 amide bonds. The molecule has 24 heavy (non-hydrogen) atoms. The third kappa shape index (κ3) is 5.37. The smallest absolute Gasteiger partial charge is 0.449 e. The van der Waals surface area contributed by atoms with E-state index >= 15 is 0 Å². The summed E-state index contributed by atoms with van der Waals surface area (Å²) < 4.78 is 15.9. The maximum absolute atomic E-state index is 10.9. The minimum atomic E-state index is -1.33. The van der Waals surface area contributed by atoms with Crippen LogP contribution in [0.2, 0.25) is 0 Å². The van der Waals surface area contributed by atoms with Crippen LogP contribution in [-0.4, -0.2) is 37.7 Å². The molecule has 0 bridgehead atoms. The third-order valence-electron chi connectivity index (χ3n) is 3.55. The van der Waals surface area contributed by atoms with Gasteiger partial charge in [0, 0.05) is 18.1 Å². The minimum absolute atomic E-state index is 0.122. The number of carboxylic acid groups (broad SMARTS) is 1. The Labute approximate surface area is 141 Å². The number of benzene rings is 2. The van der Waals surface area contributed by atoms with Crippen LogP contribution in [0.4, 0.5) is 4.79 Å². The second-order valence-electron chi connectivity index (χ2n) is 5.14. The monoisotopic (exact) mass is 330 g/mol. The first-order valence-electron chi connectivity index (χ1n) is 7.92. The predicted octanol–water partition coefficient (Wildman–Crippen LogP) is 3.93. The summed E-state index contributed by atoms with van der Waals surface area (Å²) >= 11 is 0. The van der Waals surface area contributed by atoms with Gasteiger partial charge >= 0.3 is 6.16 Å². The van der Waals surface area contributed by atoms with Crippen molar-refractivity contribution in [1.82, 2.24) is 0 Å². The second-order valence-corrected chi connectivity index (χ2v) is 5.14. The molecular weight excluding hydrogens is 308 g/mol. The van der Waals surface area contributed by atoms with E-state index in [4.69, 9.17) is 19.3 Å². The van der Waals surface area contributed by atoms with E-state index in [1.807, 2.05) is 49.4 Å². The Morgan fingerprint density at radius 2 is 1.67 bits per heavy atom. The summed E-state index contributed by atoms with van der Waals surface area (Å²) in [6, 6.07) is 17.0. The van der Waals surface area contributed by atoms with Crippen LogP contribution in [0.15, 0.2) is 54.6 Å². The molecule has 5 nitrogen and oxygen atoms in total. The van der Waals surface area contributed by atoms with Crippen LogP contribution in [0.25, 0.3) is 0 Å².